The van der Waals surface area contributed by atoms with E-state index < -0.39 is 5.25 Å². The highest BCUT2D eigenvalue weighted by Gasteiger charge is 2.23. The minimum absolute atomic E-state index is 0.134. The van der Waals surface area contributed by atoms with E-state index in [2.05, 4.69) is 10.3 Å². The highest BCUT2D eigenvalue weighted by atomic mass is 35.5. The smallest absolute Gasteiger partial charge is 0.266 e. The number of benzene rings is 2. The van der Waals surface area contributed by atoms with Crippen molar-refractivity contribution in [1.82, 2.24) is 14.9 Å². The molecule has 152 valence electrons. The number of amides is 1. The van der Waals surface area contributed by atoms with Crippen LogP contribution in [0.1, 0.15) is 27.7 Å². The van der Waals surface area contributed by atoms with Gasteiger partial charge in [0.2, 0.25) is 5.91 Å². The zero-order valence-electron chi connectivity index (χ0n) is 16.5. The zero-order valence-corrected chi connectivity index (χ0v) is 18.8. The minimum atomic E-state index is -0.462. The number of carbonyl (C=O) groups excluding carboxylic acids is 1. The number of nitrogens with zero attached hydrogens (tertiary/aromatic N) is 2. The fourth-order valence-corrected chi connectivity index (χ4v) is 3.94. The highest BCUT2D eigenvalue weighted by molar-refractivity contribution is 8.00. The van der Waals surface area contributed by atoms with E-state index in [1.165, 1.54) is 16.3 Å². The third kappa shape index (κ3) is 5.13. The van der Waals surface area contributed by atoms with Gasteiger partial charge < -0.3 is 5.32 Å². The molecule has 3 aromatic rings. The van der Waals surface area contributed by atoms with Gasteiger partial charge in [-0.3, -0.25) is 14.2 Å². The van der Waals surface area contributed by atoms with Crippen LogP contribution in [0.2, 0.25) is 10.0 Å². The number of halogens is 2. The Balaban J connectivity index is 2.13. The van der Waals surface area contributed by atoms with Crippen LogP contribution in [0.3, 0.4) is 0 Å². The van der Waals surface area contributed by atoms with Crippen LogP contribution in [0.4, 0.5) is 0 Å². The van der Waals surface area contributed by atoms with Crippen molar-refractivity contribution in [2.24, 2.45) is 0 Å². The topological polar surface area (TPSA) is 64.0 Å². The monoisotopic (exact) mass is 449 g/mol. The summed E-state index contributed by atoms with van der Waals surface area (Å²) in [6.07, 6.45) is 0. The molecule has 5 nitrogen and oxygen atoms in total. The van der Waals surface area contributed by atoms with Gasteiger partial charge in [0.25, 0.3) is 5.56 Å². The summed E-state index contributed by atoms with van der Waals surface area (Å²) in [4.78, 5) is 30.5. The third-order valence-corrected chi connectivity index (χ3v) is 5.57. The number of nitrogens with one attached hydrogen (secondary N) is 1. The highest BCUT2D eigenvalue weighted by Crippen LogP contribution is 2.27. The number of hydrogen-bond donors (Lipinski definition) is 1. The van der Waals surface area contributed by atoms with E-state index in [0.29, 0.717) is 31.8 Å². The Kier molecular flexibility index (Phi) is 6.27. The Hall–Kier alpha value is -2.02. The largest absolute Gasteiger partial charge is 0.351 e. The number of aromatic nitrogens is 2. The maximum atomic E-state index is 13.3. The Bertz CT molecular complexity index is 1120. The number of fused-ring (bicyclic) bond motifs is 1. The van der Waals surface area contributed by atoms with Gasteiger partial charge >= 0.3 is 0 Å². The van der Waals surface area contributed by atoms with E-state index in [0.717, 1.165) is 0 Å². The molecule has 1 unspecified atom stereocenters. The van der Waals surface area contributed by atoms with Crippen molar-refractivity contribution in [3.63, 3.8) is 0 Å². The normalized spacial score (nSPS) is 12.8. The Labute approximate surface area is 183 Å². The standard InChI is InChI=1S/C21H21Cl2N3O2S/c1-12(18(27)25-21(2,3)4)29-20-24-17-11-14(23)7-10-16(17)19(28)26(20)15-8-5-13(22)6-9-15/h5-12H,1-4H3,(H,25,27). The number of thioether (sulfide) groups is 1. The van der Waals surface area contributed by atoms with Crippen LogP contribution in [-0.4, -0.2) is 26.2 Å². The second-order valence-electron chi connectivity index (χ2n) is 7.67. The van der Waals surface area contributed by atoms with Crippen LogP contribution in [0.5, 0.6) is 0 Å². The first-order chi connectivity index (χ1) is 13.5. The summed E-state index contributed by atoms with van der Waals surface area (Å²) in [5, 5.41) is 4.40. The number of hydrogen-bond acceptors (Lipinski definition) is 4. The SMILES string of the molecule is CC(Sc1nc2cc(Cl)ccc2c(=O)n1-c1ccc(Cl)cc1)C(=O)NC(C)(C)C. The summed E-state index contributed by atoms with van der Waals surface area (Å²) < 4.78 is 1.50. The summed E-state index contributed by atoms with van der Waals surface area (Å²) in [6, 6.07) is 11.9. The first-order valence-corrected chi connectivity index (χ1v) is 10.7. The second kappa shape index (κ2) is 8.38. The van der Waals surface area contributed by atoms with Crippen LogP contribution in [0, 0.1) is 0 Å². The molecule has 0 saturated carbocycles. The molecular weight excluding hydrogens is 429 g/mol. The van der Waals surface area contributed by atoms with E-state index in [4.69, 9.17) is 23.2 Å². The Morgan fingerprint density at radius 1 is 1.10 bits per heavy atom. The van der Waals surface area contributed by atoms with E-state index >= 15 is 0 Å². The molecular formula is C21H21Cl2N3O2S. The molecule has 0 aliphatic carbocycles. The van der Waals surface area contributed by atoms with Crippen molar-refractivity contribution in [2.75, 3.05) is 0 Å². The molecule has 29 heavy (non-hydrogen) atoms. The average molecular weight is 450 g/mol. The molecule has 0 saturated heterocycles. The van der Waals surface area contributed by atoms with Gasteiger partial charge in [0.15, 0.2) is 5.16 Å². The maximum absolute atomic E-state index is 13.3. The van der Waals surface area contributed by atoms with E-state index in [9.17, 15) is 9.59 Å². The summed E-state index contributed by atoms with van der Waals surface area (Å²) in [5.41, 5.74) is 0.514. The van der Waals surface area contributed by atoms with E-state index in [-0.39, 0.29) is 17.0 Å². The molecule has 2 aromatic carbocycles. The van der Waals surface area contributed by atoms with E-state index in [1.54, 1.807) is 49.4 Å². The first kappa shape index (κ1) is 21.7. The van der Waals surface area contributed by atoms with Crippen molar-refractivity contribution in [2.45, 2.75) is 43.6 Å². The van der Waals surface area contributed by atoms with Gasteiger partial charge in [-0.1, -0.05) is 35.0 Å². The molecule has 1 amide bonds. The predicted molar refractivity (Wildman–Crippen MR) is 121 cm³/mol. The minimum Gasteiger partial charge on any atom is -0.351 e. The zero-order chi connectivity index (χ0) is 21.3. The van der Waals surface area contributed by atoms with Crippen LogP contribution >= 0.6 is 35.0 Å². The third-order valence-electron chi connectivity index (χ3n) is 4.04. The number of carbonyl (C=O) groups is 1. The summed E-state index contributed by atoms with van der Waals surface area (Å²) in [7, 11) is 0. The van der Waals surface area contributed by atoms with E-state index in [1.807, 2.05) is 20.8 Å². The summed E-state index contributed by atoms with van der Waals surface area (Å²) >= 11 is 13.3. The lowest BCUT2D eigenvalue weighted by Gasteiger charge is -2.23. The lowest BCUT2D eigenvalue weighted by molar-refractivity contribution is -0.121. The van der Waals surface area contributed by atoms with Gasteiger partial charge in [0.05, 0.1) is 21.8 Å². The van der Waals surface area contributed by atoms with Crippen LogP contribution in [0.15, 0.2) is 52.4 Å². The molecule has 0 radical (unpaired) electrons. The predicted octanol–water partition coefficient (Wildman–Crippen LogP) is 5.09. The van der Waals surface area contributed by atoms with Crippen molar-refractivity contribution in [3.05, 3.63) is 62.9 Å². The molecule has 8 heteroatoms. The van der Waals surface area contributed by atoms with Gasteiger partial charge in [-0.2, -0.15) is 0 Å². The molecule has 0 fully saturated rings. The van der Waals surface area contributed by atoms with Crippen molar-refractivity contribution >= 4 is 51.8 Å². The van der Waals surface area contributed by atoms with Crippen molar-refractivity contribution in [3.8, 4) is 5.69 Å². The fraction of sp³-hybridized carbons (Fsp3) is 0.286. The lowest BCUT2D eigenvalue weighted by atomic mass is 10.1. The molecule has 0 aliphatic heterocycles. The van der Waals surface area contributed by atoms with Gasteiger partial charge in [-0.05, 0) is 70.2 Å². The van der Waals surface area contributed by atoms with Gasteiger partial charge in [-0.25, -0.2) is 4.98 Å². The average Bonchev–Trinajstić information content (AvgIpc) is 2.61. The van der Waals surface area contributed by atoms with Crippen LogP contribution in [0.25, 0.3) is 16.6 Å². The van der Waals surface area contributed by atoms with Gasteiger partial charge in [0, 0.05) is 15.6 Å². The number of rotatable bonds is 4. The van der Waals surface area contributed by atoms with Crippen LogP contribution < -0.4 is 10.9 Å². The van der Waals surface area contributed by atoms with Crippen molar-refractivity contribution in [1.29, 1.82) is 0 Å². The summed E-state index contributed by atoms with van der Waals surface area (Å²) in [5.74, 6) is -0.134. The molecule has 1 aromatic heterocycles. The molecule has 0 spiro atoms. The second-order valence-corrected chi connectivity index (χ2v) is 9.85. The molecule has 3 rings (SSSR count). The lowest BCUT2D eigenvalue weighted by Crippen LogP contribution is -2.44. The molecule has 1 N–H and O–H groups in total. The molecule has 1 heterocycles. The first-order valence-electron chi connectivity index (χ1n) is 9.02. The summed E-state index contributed by atoms with van der Waals surface area (Å²) in [6.45, 7) is 7.54. The fourth-order valence-electron chi connectivity index (χ4n) is 2.72. The Morgan fingerprint density at radius 2 is 1.72 bits per heavy atom. The quantitative estimate of drug-likeness (QED) is 0.445. The van der Waals surface area contributed by atoms with Crippen molar-refractivity contribution < 1.29 is 4.79 Å². The van der Waals surface area contributed by atoms with Crippen LogP contribution in [-0.2, 0) is 4.79 Å². The molecule has 0 aliphatic rings. The maximum Gasteiger partial charge on any atom is 0.266 e. The Morgan fingerprint density at radius 3 is 2.34 bits per heavy atom. The van der Waals surface area contributed by atoms with Gasteiger partial charge in [0.1, 0.15) is 0 Å². The molecule has 1 atom stereocenters. The van der Waals surface area contributed by atoms with Gasteiger partial charge in [-0.15, -0.1) is 0 Å². The molecule has 0 bridgehead atoms.